The number of hydrogen-bond donors (Lipinski definition) is 0. The first kappa shape index (κ1) is 13.1. The van der Waals surface area contributed by atoms with Crippen LogP contribution in [0.25, 0.3) is 0 Å². The fourth-order valence-electron chi connectivity index (χ4n) is 2.19. The zero-order valence-electron chi connectivity index (χ0n) is 10.7. The second-order valence-electron chi connectivity index (χ2n) is 4.57. The number of rotatable bonds is 2. The summed E-state index contributed by atoms with van der Waals surface area (Å²) in [6.45, 7) is 2.98. The van der Waals surface area contributed by atoms with E-state index in [9.17, 15) is 9.59 Å². The first-order valence-electron chi connectivity index (χ1n) is 6.08. The van der Waals surface area contributed by atoms with Crippen LogP contribution in [0, 0.1) is 5.92 Å². The van der Waals surface area contributed by atoms with Crippen LogP contribution in [0.3, 0.4) is 0 Å². The number of carbonyl (C=O) groups is 2. The highest BCUT2D eigenvalue weighted by Crippen LogP contribution is 2.23. The third kappa shape index (κ3) is 2.58. The van der Waals surface area contributed by atoms with E-state index in [2.05, 4.69) is 0 Å². The molecule has 1 aliphatic heterocycles. The van der Waals surface area contributed by atoms with Gasteiger partial charge >= 0.3 is 0 Å². The highest BCUT2D eigenvalue weighted by Gasteiger charge is 2.27. The molecule has 0 bridgehead atoms. The van der Waals surface area contributed by atoms with E-state index in [0.717, 1.165) is 10.5 Å². The lowest BCUT2D eigenvalue weighted by atomic mass is 9.98. The first-order valence-corrected chi connectivity index (χ1v) is 7.31. The van der Waals surface area contributed by atoms with Gasteiger partial charge in [0, 0.05) is 30.3 Å². The molecule has 3 nitrogen and oxygen atoms in total. The van der Waals surface area contributed by atoms with Crippen molar-refractivity contribution in [2.45, 2.75) is 18.2 Å². The van der Waals surface area contributed by atoms with E-state index >= 15 is 0 Å². The van der Waals surface area contributed by atoms with Crippen LogP contribution in [0.1, 0.15) is 23.7 Å². The molecule has 4 heteroatoms. The number of amides is 1. The minimum atomic E-state index is -0.0378. The van der Waals surface area contributed by atoms with E-state index in [1.807, 2.05) is 37.4 Å². The lowest BCUT2D eigenvalue weighted by molar-refractivity contribution is -0.124. The van der Waals surface area contributed by atoms with E-state index in [-0.39, 0.29) is 17.6 Å². The maximum atomic E-state index is 12.4. The van der Waals surface area contributed by atoms with Gasteiger partial charge in [-0.2, -0.15) is 0 Å². The summed E-state index contributed by atoms with van der Waals surface area (Å²) in [5.74, 6) is 0.264. The SMILES string of the molecule is CSc1ccccc1C(=O)N1CCC(=O)C(C)C1. The summed E-state index contributed by atoms with van der Waals surface area (Å²) < 4.78 is 0. The van der Waals surface area contributed by atoms with Gasteiger partial charge in [-0.05, 0) is 18.4 Å². The van der Waals surface area contributed by atoms with Crippen molar-refractivity contribution in [3.8, 4) is 0 Å². The van der Waals surface area contributed by atoms with Gasteiger partial charge in [-0.3, -0.25) is 9.59 Å². The number of Topliss-reactive ketones (excluding diaryl/α,β-unsaturated/α-hetero) is 1. The maximum Gasteiger partial charge on any atom is 0.255 e. The third-order valence-corrected chi connectivity index (χ3v) is 4.09. The number of benzene rings is 1. The monoisotopic (exact) mass is 263 g/mol. The van der Waals surface area contributed by atoms with Crippen molar-refractivity contribution in [3.05, 3.63) is 29.8 Å². The first-order chi connectivity index (χ1) is 8.63. The summed E-state index contributed by atoms with van der Waals surface area (Å²) in [4.78, 5) is 26.7. The average Bonchev–Trinajstić information content (AvgIpc) is 2.41. The van der Waals surface area contributed by atoms with E-state index < -0.39 is 0 Å². The Labute approximate surface area is 112 Å². The van der Waals surface area contributed by atoms with Crippen molar-refractivity contribution in [1.29, 1.82) is 0 Å². The van der Waals surface area contributed by atoms with E-state index in [1.165, 1.54) is 0 Å². The molecule has 1 aromatic rings. The van der Waals surface area contributed by atoms with E-state index in [0.29, 0.717) is 19.5 Å². The second kappa shape index (κ2) is 5.57. The highest BCUT2D eigenvalue weighted by atomic mass is 32.2. The van der Waals surface area contributed by atoms with Crippen molar-refractivity contribution >= 4 is 23.5 Å². The molecule has 1 unspecified atom stereocenters. The molecular formula is C14H17NO2S. The van der Waals surface area contributed by atoms with Gasteiger partial charge < -0.3 is 4.90 Å². The zero-order valence-corrected chi connectivity index (χ0v) is 11.5. The van der Waals surface area contributed by atoms with Gasteiger partial charge in [-0.25, -0.2) is 0 Å². The minimum absolute atomic E-state index is 0.0378. The Morgan fingerprint density at radius 2 is 2.11 bits per heavy atom. The van der Waals surface area contributed by atoms with Crippen molar-refractivity contribution < 1.29 is 9.59 Å². The van der Waals surface area contributed by atoms with Crippen LogP contribution in [0.4, 0.5) is 0 Å². The van der Waals surface area contributed by atoms with Crippen LogP contribution in [0.2, 0.25) is 0 Å². The number of thioether (sulfide) groups is 1. The quantitative estimate of drug-likeness (QED) is 0.769. The van der Waals surface area contributed by atoms with Gasteiger partial charge in [0.2, 0.25) is 0 Å². The summed E-state index contributed by atoms with van der Waals surface area (Å²) in [6.07, 6.45) is 2.45. The Hall–Kier alpha value is -1.29. The third-order valence-electron chi connectivity index (χ3n) is 3.30. The molecule has 0 aromatic heterocycles. The van der Waals surface area contributed by atoms with Gasteiger partial charge in [-0.1, -0.05) is 19.1 Å². The van der Waals surface area contributed by atoms with Crippen LogP contribution >= 0.6 is 11.8 Å². The summed E-state index contributed by atoms with van der Waals surface area (Å²) in [7, 11) is 0. The standard InChI is InChI=1S/C14H17NO2S/c1-10-9-15(8-7-12(10)16)14(17)11-5-3-4-6-13(11)18-2/h3-6,10H,7-9H2,1-2H3. The Morgan fingerprint density at radius 3 is 2.78 bits per heavy atom. The number of hydrogen-bond acceptors (Lipinski definition) is 3. The number of ketones is 1. The van der Waals surface area contributed by atoms with E-state index in [1.54, 1.807) is 16.7 Å². The molecule has 1 saturated heterocycles. The average molecular weight is 263 g/mol. The minimum Gasteiger partial charge on any atom is -0.337 e. The van der Waals surface area contributed by atoms with Crippen molar-refractivity contribution in [1.82, 2.24) is 4.90 Å². The maximum absolute atomic E-state index is 12.4. The van der Waals surface area contributed by atoms with Gasteiger partial charge in [0.1, 0.15) is 5.78 Å². The van der Waals surface area contributed by atoms with E-state index in [4.69, 9.17) is 0 Å². The van der Waals surface area contributed by atoms with Crippen molar-refractivity contribution in [2.75, 3.05) is 19.3 Å². The van der Waals surface area contributed by atoms with Crippen molar-refractivity contribution in [2.24, 2.45) is 5.92 Å². The van der Waals surface area contributed by atoms with Gasteiger partial charge in [0.05, 0.1) is 5.56 Å². The molecule has 2 rings (SSSR count). The number of piperidine rings is 1. The Kier molecular flexibility index (Phi) is 4.07. The normalized spacial score (nSPS) is 20.0. The second-order valence-corrected chi connectivity index (χ2v) is 5.42. The van der Waals surface area contributed by atoms with Crippen LogP contribution < -0.4 is 0 Å². The molecule has 0 saturated carbocycles. The molecule has 1 aliphatic rings. The fourth-order valence-corrected chi connectivity index (χ4v) is 2.78. The van der Waals surface area contributed by atoms with Gasteiger partial charge in [0.15, 0.2) is 0 Å². The number of likely N-dealkylation sites (tertiary alicyclic amines) is 1. The molecule has 0 spiro atoms. The fraction of sp³-hybridized carbons (Fsp3) is 0.429. The molecule has 96 valence electrons. The van der Waals surface area contributed by atoms with Crippen LogP contribution in [-0.4, -0.2) is 35.9 Å². The van der Waals surface area contributed by atoms with Crippen LogP contribution in [-0.2, 0) is 4.79 Å². The summed E-state index contributed by atoms with van der Waals surface area (Å²) in [6, 6.07) is 7.63. The zero-order chi connectivity index (χ0) is 13.1. The molecule has 1 aromatic carbocycles. The van der Waals surface area contributed by atoms with Crippen molar-refractivity contribution in [3.63, 3.8) is 0 Å². The van der Waals surface area contributed by atoms with Gasteiger partial charge in [0.25, 0.3) is 5.91 Å². The number of carbonyl (C=O) groups excluding carboxylic acids is 2. The topological polar surface area (TPSA) is 37.4 Å². The lowest BCUT2D eigenvalue weighted by Crippen LogP contribution is -2.43. The Morgan fingerprint density at radius 1 is 1.39 bits per heavy atom. The predicted molar refractivity (Wildman–Crippen MR) is 72.9 cm³/mol. The smallest absolute Gasteiger partial charge is 0.255 e. The molecular weight excluding hydrogens is 246 g/mol. The molecule has 1 amide bonds. The predicted octanol–water partition coefficient (Wildman–Crippen LogP) is 2.46. The number of nitrogens with zero attached hydrogens (tertiary/aromatic N) is 1. The summed E-state index contributed by atoms with van der Waals surface area (Å²) in [5.41, 5.74) is 0.742. The van der Waals surface area contributed by atoms with Crippen LogP contribution in [0.15, 0.2) is 29.2 Å². The Bertz CT molecular complexity index is 473. The molecule has 0 N–H and O–H groups in total. The molecule has 0 aliphatic carbocycles. The van der Waals surface area contributed by atoms with Crippen LogP contribution in [0.5, 0.6) is 0 Å². The molecule has 1 atom stereocenters. The molecule has 1 heterocycles. The Balaban J connectivity index is 2.19. The summed E-state index contributed by atoms with van der Waals surface area (Å²) in [5, 5.41) is 0. The molecule has 18 heavy (non-hydrogen) atoms. The summed E-state index contributed by atoms with van der Waals surface area (Å²) >= 11 is 1.57. The van der Waals surface area contributed by atoms with Gasteiger partial charge in [-0.15, -0.1) is 11.8 Å². The lowest BCUT2D eigenvalue weighted by Gasteiger charge is -2.30. The largest absolute Gasteiger partial charge is 0.337 e. The molecule has 1 fully saturated rings. The molecule has 0 radical (unpaired) electrons. The highest BCUT2D eigenvalue weighted by molar-refractivity contribution is 7.98.